The zero-order valence-corrected chi connectivity index (χ0v) is 9.46. The van der Waals surface area contributed by atoms with Crippen molar-refractivity contribution in [3.05, 3.63) is 52.8 Å². The molecule has 0 aliphatic carbocycles. The molecular weight excluding hydrogens is 224 g/mol. The van der Waals surface area contributed by atoms with Gasteiger partial charge in [0.25, 0.3) is 0 Å². The zero-order valence-electron chi connectivity index (χ0n) is 8.70. The molecule has 0 saturated carbocycles. The number of benzene rings is 1. The van der Waals surface area contributed by atoms with Crippen molar-refractivity contribution in [1.82, 2.24) is 4.98 Å². The Hall–Kier alpha value is -1.45. The summed E-state index contributed by atoms with van der Waals surface area (Å²) in [6, 6.07) is 7.45. The van der Waals surface area contributed by atoms with Gasteiger partial charge in [-0.25, -0.2) is 0 Å². The first-order valence-corrected chi connectivity index (χ1v) is 5.42. The number of aromatic amines is 1. The smallest absolute Gasteiger partial charge is 0.0682 e. The van der Waals surface area contributed by atoms with Crippen LogP contribution >= 0.6 is 11.6 Å². The van der Waals surface area contributed by atoms with Gasteiger partial charge in [-0.1, -0.05) is 17.7 Å². The molecule has 0 radical (unpaired) electrons. The molecule has 0 bridgehead atoms. The Labute approximate surface area is 99.1 Å². The minimum atomic E-state index is 0.0238. The fraction of sp³-hybridized carbons (Fsp3) is 0.167. The predicted octanol–water partition coefficient (Wildman–Crippen LogP) is 2.77. The van der Waals surface area contributed by atoms with Crippen LogP contribution in [0.1, 0.15) is 11.1 Å². The fourth-order valence-electron chi connectivity index (χ4n) is 1.47. The van der Waals surface area contributed by atoms with Crippen molar-refractivity contribution >= 4 is 17.3 Å². The molecule has 0 aliphatic rings. The van der Waals surface area contributed by atoms with Crippen molar-refractivity contribution in [2.24, 2.45) is 0 Å². The summed E-state index contributed by atoms with van der Waals surface area (Å²) >= 11 is 6.04. The monoisotopic (exact) mass is 236 g/mol. The van der Waals surface area contributed by atoms with Crippen LogP contribution in [-0.4, -0.2) is 10.1 Å². The number of hydrogen-bond acceptors (Lipinski definition) is 2. The minimum absolute atomic E-state index is 0.0238. The summed E-state index contributed by atoms with van der Waals surface area (Å²) in [5, 5.41) is 12.9. The summed E-state index contributed by atoms with van der Waals surface area (Å²) < 4.78 is 0. The number of aliphatic hydroxyl groups excluding tert-OH is 1. The lowest BCUT2D eigenvalue weighted by atomic mass is 10.2. The van der Waals surface area contributed by atoms with Crippen molar-refractivity contribution in [3.8, 4) is 0 Å². The number of nitrogens with one attached hydrogen (secondary N) is 2. The first-order valence-electron chi connectivity index (χ1n) is 5.04. The molecule has 0 spiro atoms. The molecule has 1 aromatic heterocycles. The molecule has 0 fully saturated rings. The normalized spacial score (nSPS) is 10.4. The molecule has 0 unspecified atom stereocenters. The van der Waals surface area contributed by atoms with E-state index < -0.39 is 0 Å². The summed E-state index contributed by atoms with van der Waals surface area (Å²) in [5.74, 6) is 0. The molecule has 3 N–H and O–H groups in total. The number of hydrogen-bond donors (Lipinski definition) is 3. The second kappa shape index (κ2) is 5.05. The van der Waals surface area contributed by atoms with Gasteiger partial charge in [0.1, 0.15) is 0 Å². The van der Waals surface area contributed by atoms with Gasteiger partial charge in [0, 0.05) is 18.9 Å². The van der Waals surface area contributed by atoms with Gasteiger partial charge < -0.3 is 15.4 Å². The second-order valence-electron chi connectivity index (χ2n) is 3.55. The second-order valence-corrected chi connectivity index (χ2v) is 3.95. The molecular formula is C12H13ClN2O. The lowest BCUT2D eigenvalue weighted by Gasteiger charge is -2.08. The Balaban J connectivity index is 2.08. The molecule has 2 aromatic rings. The van der Waals surface area contributed by atoms with Crippen LogP contribution in [0.25, 0.3) is 0 Å². The van der Waals surface area contributed by atoms with Crippen LogP contribution in [0.3, 0.4) is 0 Å². The van der Waals surface area contributed by atoms with E-state index in [2.05, 4.69) is 10.3 Å². The van der Waals surface area contributed by atoms with E-state index in [0.717, 1.165) is 16.8 Å². The molecule has 2 rings (SSSR count). The summed E-state index contributed by atoms with van der Waals surface area (Å²) in [7, 11) is 0. The number of anilines is 1. The van der Waals surface area contributed by atoms with Gasteiger partial charge in [-0.2, -0.15) is 0 Å². The van der Waals surface area contributed by atoms with Crippen molar-refractivity contribution in [1.29, 1.82) is 0 Å². The van der Waals surface area contributed by atoms with Crippen molar-refractivity contribution < 1.29 is 5.11 Å². The van der Waals surface area contributed by atoms with E-state index in [0.29, 0.717) is 11.6 Å². The van der Waals surface area contributed by atoms with Crippen LogP contribution in [-0.2, 0) is 13.2 Å². The van der Waals surface area contributed by atoms with Gasteiger partial charge >= 0.3 is 0 Å². The van der Waals surface area contributed by atoms with Gasteiger partial charge in [0.05, 0.1) is 17.3 Å². The van der Waals surface area contributed by atoms with Gasteiger partial charge in [-0.15, -0.1) is 0 Å². The topological polar surface area (TPSA) is 48.0 Å². The summed E-state index contributed by atoms with van der Waals surface area (Å²) in [4.78, 5) is 2.99. The van der Waals surface area contributed by atoms with Crippen molar-refractivity contribution in [2.75, 3.05) is 5.32 Å². The predicted molar refractivity (Wildman–Crippen MR) is 65.5 cm³/mol. The molecule has 84 valence electrons. The summed E-state index contributed by atoms with van der Waals surface area (Å²) in [6.45, 7) is 0.730. The third-order valence-electron chi connectivity index (χ3n) is 2.36. The quantitative estimate of drug-likeness (QED) is 0.765. The summed E-state index contributed by atoms with van der Waals surface area (Å²) in [5.41, 5.74) is 2.85. The Kier molecular flexibility index (Phi) is 3.49. The average molecular weight is 237 g/mol. The highest BCUT2D eigenvalue weighted by molar-refractivity contribution is 6.33. The maximum absolute atomic E-state index is 9.03. The van der Waals surface area contributed by atoms with E-state index in [-0.39, 0.29) is 6.61 Å². The molecule has 0 aliphatic heterocycles. The molecule has 1 aromatic carbocycles. The fourth-order valence-corrected chi connectivity index (χ4v) is 1.66. The Bertz CT molecular complexity index is 454. The molecule has 1 heterocycles. The maximum Gasteiger partial charge on any atom is 0.0682 e. The van der Waals surface area contributed by atoms with Crippen molar-refractivity contribution in [2.45, 2.75) is 13.2 Å². The van der Waals surface area contributed by atoms with Crippen LogP contribution in [0.4, 0.5) is 5.69 Å². The third-order valence-corrected chi connectivity index (χ3v) is 2.69. The first-order chi connectivity index (χ1) is 7.79. The van der Waals surface area contributed by atoms with E-state index >= 15 is 0 Å². The number of halogens is 1. The van der Waals surface area contributed by atoms with Crippen LogP contribution in [0.2, 0.25) is 5.02 Å². The van der Waals surface area contributed by atoms with E-state index in [1.165, 1.54) is 0 Å². The molecule has 4 heteroatoms. The molecule has 0 saturated heterocycles. The summed E-state index contributed by atoms with van der Waals surface area (Å²) in [6.07, 6.45) is 3.81. The van der Waals surface area contributed by atoms with Crippen molar-refractivity contribution in [3.63, 3.8) is 0 Å². The van der Waals surface area contributed by atoms with Crippen LogP contribution in [0.15, 0.2) is 36.7 Å². The average Bonchev–Trinajstić information content (AvgIpc) is 2.81. The molecule has 0 amide bonds. The largest absolute Gasteiger partial charge is 0.392 e. The van der Waals surface area contributed by atoms with E-state index in [1.807, 2.05) is 30.6 Å². The highest BCUT2D eigenvalue weighted by Crippen LogP contribution is 2.23. The number of aliphatic hydroxyl groups is 1. The maximum atomic E-state index is 9.03. The first kappa shape index (κ1) is 11.0. The minimum Gasteiger partial charge on any atom is -0.392 e. The Morgan fingerprint density at radius 3 is 2.81 bits per heavy atom. The van der Waals surface area contributed by atoms with Crippen LogP contribution in [0, 0.1) is 0 Å². The SMILES string of the molecule is OCc1ccc(Cl)c(NCc2cc[nH]c2)c1. The lowest BCUT2D eigenvalue weighted by Crippen LogP contribution is -1.99. The van der Waals surface area contributed by atoms with Gasteiger partial charge in [0.15, 0.2) is 0 Å². The van der Waals surface area contributed by atoms with Crippen LogP contribution in [0.5, 0.6) is 0 Å². The number of H-pyrrole nitrogens is 1. The number of aromatic nitrogens is 1. The van der Waals surface area contributed by atoms with E-state index in [1.54, 1.807) is 6.07 Å². The molecule has 3 nitrogen and oxygen atoms in total. The highest BCUT2D eigenvalue weighted by atomic mass is 35.5. The van der Waals surface area contributed by atoms with Gasteiger partial charge in [-0.05, 0) is 29.3 Å². The molecule has 16 heavy (non-hydrogen) atoms. The molecule has 0 atom stereocenters. The standard InChI is InChI=1S/C12H13ClN2O/c13-11-2-1-9(8-16)5-12(11)15-7-10-3-4-14-6-10/h1-6,14-16H,7-8H2. The number of rotatable bonds is 4. The van der Waals surface area contributed by atoms with Gasteiger partial charge in [0.2, 0.25) is 0 Å². The Morgan fingerprint density at radius 1 is 1.25 bits per heavy atom. The zero-order chi connectivity index (χ0) is 11.4. The lowest BCUT2D eigenvalue weighted by molar-refractivity contribution is 0.282. The van der Waals surface area contributed by atoms with E-state index in [4.69, 9.17) is 16.7 Å². The Morgan fingerprint density at radius 2 is 2.12 bits per heavy atom. The highest BCUT2D eigenvalue weighted by Gasteiger charge is 2.01. The third kappa shape index (κ3) is 2.56. The van der Waals surface area contributed by atoms with E-state index in [9.17, 15) is 0 Å². The van der Waals surface area contributed by atoms with Crippen LogP contribution < -0.4 is 5.32 Å². The van der Waals surface area contributed by atoms with Gasteiger partial charge in [-0.3, -0.25) is 0 Å².